The molecule has 1 aliphatic heterocycles. The van der Waals surface area contributed by atoms with Crippen LogP contribution in [-0.2, 0) is 18.3 Å². The molecule has 8 aromatic carbocycles. The molecular formula is C51H37NO. The van der Waals surface area contributed by atoms with Crippen LogP contribution in [0.15, 0.2) is 176 Å². The maximum Gasteiger partial charge on any atom is 0.140 e. The third-order valence-corrected chi connectivity index (χ3v) is 11.9. The Morgan fingerprint density at radius 1 is 0.472 bits per heavy atom. The van der Waals surface area contributed by atoms with Crippen LogP contribution >= 0.6 is 0 Å². The highest BCUT2D eigenvalue weighted by Crippen LogP contribution is 2.63. The first-order valence-corrected chi connectivity index (χ1v) is 18.9. The van der Waals surface area contributed by atoms with Crippen LogP contribution in [0.1, 0.15) is 46.2 Å². The second kappa shape index (κ2) is 11.8. The van der Waals surface area contributed by atoms with Crippen molar-refractivity contribution in [2.24, 2.45) is 0 Å². The van der Waals surface area contributed by atoms with E-state index in [1.165, 1.54) is 79.5 Å². The van der Waals surface area contributed by atoms with E-state index in [0.29, 0.717) is 0 Å². The van der Waals surface area contributed by atoms with Gasteiger partial charge in [-0.3, -0.25) is 0 Å². The topological polar surface area (TPSA) is 12.5 Å². The lowest BCUT2D eigenvalue weighted by atomic mass is 9.65. The Balaban J connectivity index is 1.19. The normalized spacial score (nSPS) is 16.2. The first kappa shape index (κ1) is 30.3. The second-order valence-electron chi connectivity index (χ2n) is 14.7. The molecule has 11 rings (SSSR count). The highest BCUT2D eigenvalue weighted by molar-refractivity contribution is 5.96. The molecule has 1 unspecified atom stereocenters. The molecular weight excluding hydrogens is 643 g/mol. The zero-order valence-electron chi connectivity index (χ0n) is 29.4. The third-order valence-electron chi connectivity index (χ3n) is 11.9. The molecule has 0 amide bonds. The number of hydrogen-bond acceptors (Lipinski definition) is 2. The first-order valence-electron chi connectivity index (χ1n) is 18.9. The highest BCUT2D eigenvalue weighted by atomic mass is 16.5. The van der Waals surface area contributed by atoms with Gasteiger partial charge in [-0.1, -0.05) is 140 Å². The summed E-state index contributed by atoms with van der Waals surface area (Å²) >= 11 is 0. The van der Waals surface area contributed by atoms with Gasteiger partial charge in [0.05, 0.1) is 5.41 Å². The monoisotopic (exact) mass is 679 g/mol. The van der Waals surface area contributed by atoms with Crippen LogP contribution in [0.3, 0.4) is 0 Å². The predicted octanol–water partition coefficient (Wildman–Crippen LogP) is 13.3. The lowest BCUT2D eigenvalue weighted by Crippen LogP contribution is -2.32. The minimum atomic E-state index is -0.560. The van der Waals surface area contributed by atoms with Gasteiger partial charge in [0.15, 0.2) is 0 Å². The maximum absolute atomic E-state index is 6.92. The molecule has 0 N–H and O–H groups in total. The van der Waals surface area contributed by atoms with Gasteiger partial charge in [-0.05, 0) is 112 Å². The van der Waals surface area contributed by atoms with Crippen molar-refractivity contribution in [2.75, 3.05) is 4.90 Å². The molecule has 1 spiro atoms. The Labute approximate surface area is 310 Å². The van der Waals surface area contributed by atoms with Crippen LogP contribution in [0.4, 0.5) is 17.1 Å². The molecule has 0 radical (unpaired) electrons. The summed E-state index contributed by atoms with van der Waals surface area (Å²) in [6.07, 6.45) is 4.69. The molecule has 252 valence electrons. The van der Waals surface area contributed by atoms with Gasteiger partial charge in [-0.2, -0.15) is 0 Å². The summed E-state index contributed by atoms with van der Waals surface area (Å²) in [7, 11) is 0. The minimum Gasteiger partial charge on any atom is -0.456 e. The molecule has 0 saturated carbocycles. The van der Waals surface area contributed by atoms with Gasteiger partial charge < -0.3 is 9.64 Å². The Morgan fingerprint density at radius 2 is 1.19 bits per heavy atom. The number of anilines is 3. The Hall–Kier alpha value is -6.38. The summed E-state index contributed by atoms with van der Waals surface area (Å²) in [5.41, 5.74) is 15.9. The van der Waals surface area contributed by atoms with E-state index < -0.39 is 5.41 Å². The van der Waals surface area contributed by atoms with E-state index in [4.69, 9.17) is 4.74 Å². The van der Waals surface area contributed by atoms with Crippen LogP contribution in [0.5, 0.6) is 11.5 Å². The summed E-state index contributed by atoms with van der Waals surface area (Å²) in [6.45, 7) is 0. The number of aryl methyl sites for hydroxylation is 1. The summed E-state index contributed by atoms with van der Waals surface area (Å²) in [5.74, 6) is 1.86. The van der Waals surface area contributed by atoms with E-state index in [1.54, 1.807) is 0 Å². The molecule has 3 aliphatic rings. The summed E-state index contributed by atoms with van der Waals surface area (Å²) in [5, 5.41) is 2.32. The van der Waals surface area contributed by atoms with Gasteiger partial charge in [-0.25, -0.2) is 0 Å². The van der Waals surface area contributed by atoms with Gasteiger partial charge in [0.1, 0.15) is 11.5 Å². The third kappa shape index (κ3) is 4.45. The quantitative estimate of drug-likeness (QED) is 0.184. The van der Waals surface area contributed by atoms with Gasteiger partial charge in [0.2, 0.25) is 0 Å². The van der Waals surface area contributed by atoms with E-state index in [-0.39, 0.29) is 0 Å². The summed E-state index contributed by atoms with van der Waals surface area (Å²) < 4.78 is 6.92. The lowest BCUT2D eigenvalue weighted by Gasteiger charge is -2.40. The number of fused-ring (bicyclic) bond motifs is 12. The fourth-order valence-electron chi connectivity index (χ4n) is 9.59. The van der Waals surface area contributed by atoms with Crippen molar-refractivity contribution in [1.82, 2.24) is 0 Å². The van der Waals surface area contributed by atoms with Crippen molar-refractivity contribution in [3.63, 3.8) is 0 Å². The van der Waals surface area contributed by atoms with Crippen molar-refractivity contribution >= 4 is 27.8 Å². The molecule has 0 bridgehead atoms. The van der Waals surface area contributed by atoms with Crippen molar-refractivity contribution < 1.29 is 4.74 Å². The molecule has 8 aromatic rings. The van der Waals surface area contributed by atoms with Crippen LogP contribution in [0, 0.1) is 0 Å². The first-order chi connectivity index (χ1) is 26.3. The number of ether oxygens (including phenoxy) is 1. The lowest BCUT2D eigenvalue weighted by molar-refractivity contribution is 0.441. The van der Waals surface area contributed by atoms with Crippen molar-refractivity contribution in [2.45, 2.75) is 31.1 Å². The summed E-state index contributed by atoms with van der Waals surface area (Å²) in [4.78, 5) is 2.52. The van der Waals surface area contributed by atoms with Crippen molar-refractivity contribution in [1.29, 1.82) is 0 Å². The van der Waals surface area contributed by atoms with Gasteiger partial charge >= 0.3 is 0 Å². The van der Waals surface area contributed by atoms with E-state index in [9.17, 15) is 0 Å². The number of hydrogen-bond donors (Lipinski definition) is 0. The van der Waals surface area contributed by atoms with Crippen molar-refractivity contribution in [3.8, 4) is 33.8 Å². The average Bonchev–Trinajstić information content (AvgIpc) is 3.51. The molecule has 2 heteroatoms. The van der Waals surface area contributed by atoms with Gasteiger partial charge in [-0.15, -0.1) is 0 Å². The predicted molar refractivity (Wildman–Crippen MR) is 218 cm³/mol. The number of para-hydroxylation sites is 1. The summed E-state index contributed by atoms with van der Waals surface area (Å²) in [6, 6.07) is 64.8. The zero-order valence-corrected chi connectivity index (χ0v) is 29.4. The number of nitrogens with zero attached hydrogens (tertiary/aromatic N) is 1. The molecule has 53 heavy (non-hydrogen) atoms. The molecule has 1 atom stereocenters. The number of rotatable bonds is 4. The van der Waals surface area contributed by atoms with Crippen LogP contribution in [-0.4, -0.2) is 0 Å². The van der Waals surface area contributed by atoms with E-state index in [1.807, 2.05) is 0 Å². The zero-order chi connectivity index (χ0) is 34.9. The van der Waals surface area contributed by atoms with E-state index in [0.717, 1.165) is 41.1 Å². The average molecular weight is 680 g/mol. The van der Waals surface area contributed by atoms with E-state index in [2.05, 4.69) is 181 Å². The Morgan fingerprint density at radius 3 is 2.09 bits per heavy atom. The molecule has 0 fully saturated rings. The van der Waals surface area contributed by atoms with Crippen LogP contribution in [0.2, 0.25) is 0 Å². The highest BCUT2D eigenvalue weighted by Gasteiger charge is 2.51. The largest absolute Gasteiger partial charge is 0.456 e. The molecule has 0 saturated heterocycles. The maximum atomic E-state index is 6.92. The van der Waals surface area contributed by atoms with Crippen molar-refractivity contribution in [3.05, 3.63) is 209 Å². The molecule has 1 heterocycles. The van der Waals surface area contributed by atoms with E-state index >= 15 is 0 Å². The fourth-order valence-corrected chi connectivity index (χ4v) is 9.59. The Kier molecular flexibility index (Phi) is 6.76. The van der Waals surface area contributed by atoms with Gasteiger partial charge in [0.25, 0.3) is 0 Å². The number of benzene rings is 8. The second-order valence-corrected chi connectivity index (χ2v) is 14.7. The van der Waals surface area contributed by atoms with Crippen LogP contribution < -0.4 is 9.64 Å². The minimum absolute atomic E-state index is 0.560. The molecule has 2 aliphatic carbocycles. The standard InChI is InChI=1S/C51H37NO/c1-2-13-34(14-3-1)35-25-28-38(29-26-35)52(48-23-12-17-36-15-4-6-18-40(36)48)39-30-31-43-42-20-8-9-21-44(42)51(47(43)33-39)45-22-10-11-24-49(45)53-50-41-19-7-5-16-37(41)27-32-46(50)51/h1-3,5,7-14,16-17,19-33H,4,6,15,18H2. The van der Waals surface area contributed by atoms with Gasteiger partial charge in [0, 0.05) is 33.6 Å². The van der Waals surface area contributed by atoms with Crippen LogP contribution in [0.25, 0.3) is 33.0 Å². The SMILES string of the molecule is c1ccc(-c2ccc(N(c3ccc4c(c3)C3(c5ccccc5Oc5c3ccc3ccccc53)c3ccccc3-4)c3cccc4c3CCCC4)cc2)cc1. The fraction of sp³-hybridized carbons (Fsp3) is 0.0980. The Bertz CT molecular complexity index is 2710. The smallest absolute Gasteiger partial charge is 0.140 e. The molecule has 2 nitrogen and oxygen atoms in total. The molecule has 0 aromatic heterocycles.